The van der Waals surface area contributed by atoms with E-state index < -0.39 is 0 Å². The molecule has 1 fully saturated rings. The van der Waals surface area contributed by atoms with E-state index in [9.17, 15) is 9.59 Å². The van der Waals surface area contributed by atoms with Gasteiger partial charge in [-0.15, -0.1) is 0 Å². The number of rotatable bonds is 7. The predicted molar refractivity (Wildman–Crippen MR) is 61.6 cm³/mol. The molecule has 0 aromatic rings. The first-order chi connectivity index (χ1) is 8.15. The van der Waals surface area contributed by atoms with Crippen molar-refractivity contribution in [1.82, 2.24) is 10.2 Å². The summed E-state index contributed by atoms with van der Waals surface area (Å²) in [5.41, 5.74) is 0. The summed E-state index contributed by atoms with van der Waals surface area (Å²) >= 11 is 0. The second kappa shape index (κ2) is 7.24. The van der Waals surface area contributed by atoms with E-state index in [-0.39, 0.29) is 17.9 Å². The molecule has 1 heterocycles. The average Bonchev–Trinajstić information content (AvgIpc) is 2.30. The molecule has 0 aromatic heterocycles. The van der Waals surface area contributed by atoms with E-state index in [0.717, 1.165) is 6.42 Å². The van der Waals surface area contributed by atoms with E-state index in [1.54, 1.807) is 12.0 Å². The minimum atomic E-state index is -0.301. The second-order valence-electron chi connectivity index (χ2n) is 4.10. The summed E-state index contributed by atoms with van der Waals surface area (Å²) in [7, 11) is 1.62. The number of hydrogen-bond donors (Lipinski definition) is 1. The molecule has 1 atom stereocenters. The van der Waals surface area contributed by atoms with Crippen LogP contribution >= 0.6 is 0 Å². The third kappa shape index (κ3) is 4.70. The highest BCUT2D eigenvalue weighted by atomic mass is 16.5. The van der Waals surface area contributed by atoms with Crippen molar-refractivity contribution in [3.05, 3.63) is 0 Å². The van der Waals surface area contributed by atoms with Crippen LogP contribution in [0.4, 0.5) is 4.79 Å². The predicted octanol–water partition coefficient (Wildman–Crippen LogP) is 0.227. The smallest absolute Gasteiger partial charge is 0.324 e. The van der Waals surface area contributed by atoms with Gasteiger partial charge in [0.25, 0.3) is 0 Å². The Hall–Kier alpha value is -1.14. The zero-order valence-electron chi connectivity index (χ0n) is 10.4. The summed E-state index contributed by atoms with van der Waals surface area (Å²) in [4.78, 5) is 24.3. The maximum atomic E-state index is 11.4. The lowest BCUT2D eigenvalue weighted by molar-refractivity contribution is -0.125. The third-order valence-electron chi connectivity index (χ3n) is 2.61. The fourth-order valence-electron chi connectivity index (χ4n) is 1.60. The number of nitrogens with one attached hydrogen (secondary N) is 1. The van der Waals surface area contributed by atoms with Crippen LogP contribution in [0, 0.1) is 5.92 Å². The van der Waals surface area contributed by atoms with Crippen LogP contribution in [0.15, 0.2) is 0 Å². The first-order valence-corrected chi connectivity index (χ1v) is 5.81. The number of imide groups is 1. The van der Waals surface area contributed by atoms with Crippen LogP contribution in [0.1, 0.15) is 13.3 Å². The van der Waals surface area contributed by atoms with Gasteiger partial charge >= 0.3 is 6.03 Å². The van der Waals surface area contributed by atoms with Crippen molar-refractivity contribution in [2.45, 2.75) is 13.3 Å². The number of methoxy groups -OCH3 is 1. The lowest BCUT2D eigenvalue weighted by atomic mass is 10.1. The molecule has 1 unspecified atom stereocenters. The Kier molecular flexibility index (Phi) is 5.93. The molecule has 1 N–H and O–H groups in total. The molecular weight excluding hydrogens is 224 g/mol. The lowest BCUT2D eigenvalue weighted by Crippen LogP contribution is -2.53. The molecule has 3 amide bonds. The summed E-state index contributed by atoms with van der Waals surface area (Å²) in [6.07, 6.45) is 0.762. The minimum absolute atomic E-state index is 0.137. The highest BCUT2D eigenvalue weighted by Crippen LogP contribution is 2.07. The molecule has 0 aliphatic carbocycles. The molecule has 1 aliphatic heterocycles. The molecule has 98 valence electrons. The maximum absolute atomic E-state index is 11.4. The standard InChI is InChI=1S/C11H20N2O4/c1-9-8-13(11(15)12-10(9)14)4-3-5-17-7-6-16-2/h9H,3-8H2,1-2H3,(H,12,14,15). The van der Waals surface area contributed by atoms with Crippen LogP contribution < -0.4 is 5.32 Å². The van der Waals surface area contributed by atoms with Crippen molar-refractivity contribution >= 4 is 11.9 Å². The van der Waals surface area contributed by atoms with Crippen LogP contribution in [0.2, 0.25) is 0 Å². The van der Waals surface area contributed by atoms with Gasteiger partial charge in [-0.05, 0) is 6.42 Å². The van der Waals surface area contributed by atoms with Crippen LogP contribution in [-0.4, -0.2) is 56.9 Å². The van der Waals surface area contributed by atoms with E-state index in [2.05, 4.69) is 5.32 Å². The molecule has 0 saturated carbocycles. The molecule has 0 bridgehead atoms. The van der Waals surface area contributed by atoms with Crippen molar-refractivity contribution in [2.24, 2.45) is 5.92 Å². The summed E-state index contributed by atoms with van der Waals surface area (Å²) in [6.45, 7) is 4.64. The van der Waals surface area contributed by atoms with E-state index in [4.69, 9.17) is 9.47 Å². The molecule has 0 radical (unpaired) electrons. The fourth-order valence-corrected chi connectivity index (χ4v) is 1.60. The Morgan fingerprint density at radius 1 is 1.35 bits per heavy atom. The largest absolute Gasteiger partial charge is 0.382 e. The minimum Gasteiger partial charge on any atom is -0.382 e. The van der Waals surface area contributed by atoms with Crippen LogP contribution in [0.5, 0.6) is 0 Å². The highest BCUT2D eigenvalue weighted by Gasteiger charge is 2.28. The lowest BCUT2D eigenvalue weighted by Gasteiger charge is -2.30. The topological polar surface area (TPSA) is 67.9 Å². The summed E-state index contributed by atoms with van der Waals surface area (Å²) in [6, 6.07) is -0.301. The van der Waals surface area contributed by atoms with Gasteiger partial charge in [0.1, 0.15) is 0 Å². The van der Waals surface area contributed by atoms with Crippen molar-refractivity contribution in [3.8, 4) is 0 Å². The van der Waals surface area contributed by atoms with Gasteiger partial charge < -0.3 is 14.4 Å². The number of carbonyl (C=O) groups excluding carboxylic acids is 2. The average molecular weight is 244 g/mol. The SMILES string of the molecule is COCCOCCCN1CC(C)C(=O)NC1=O. The third-order valence-corrected chi connectivity index (χ3v) is 2.61. The molecule has 17 heavy (non-hydrogen) atoms. The number of amides is 3. The highest BCUT2D eigenvalue weighted by molar-refractivity contribution is 5.97. The molecule has 1 aliphatic rings. The van der Waals surface area contributed by atoms with Crippen molar-refractivity contribution in [1.29, 1.82) is 0 Å². The first-order valence-electron chi connectivity index (χ1n) is 5.81. The molecule has 0 spiro atoms. The van der Waals surface area contributed by atoms with Gasteiger partial charge in [-0.25, -0.2) is 4.79 Å². The van der Waals surface area contributed by atoms with Crippen molar-refractivity contribution < 1.29 is 19.1 Å². The molecule has 1 rings (SSSR count). The Balaban J connectivity index is 2.14. The number of ether oxygens (including phenoxy) is 2. The summed E-state index contributed by atoms with van der Waals surface area (Å²) in [5, 5.41) is 2.33. The van der Waals surface area contributed by atoms with E-state index >= 15 is 0 Å². The Morgan fingerprint density at radius 3 is 2.82 bits per heavy atom. The molecule has 6 nitrogen and oxygen atoms in total. The quantitative estimate of drug-likeness (QED) is 0.651. The van der Waals surface area contributed by atoms with E-state index in [1.165, 1.54) is 0 Å². The van der Waals surface area contributed by atoms with Crippen LogP contribution in [0.3, 0.4) is 0 Å². The second-order valence-corrected chi connectivity index (χ2v) is 4.10. The van der Waals surface area contributed by atoms with E-state index in [1.807, 2.05) is 6.92 Å². The van der Waals surface area contributed by atoms with Gasteiger partial charge in [-0.1, -0.05) is 6.92 Å². The molecule has 1 saturated heterocycles. The monoisotopic (exact) mass is 244 g/mol. The molecular formula is C11H20N2O4. The first kappa shape index (κ1) is 13.9. The zero-order valence-corrected chi connectivity index (χ0v) is 10.4. The summed E-state index contributed by atoms with van der Waals surface area (Å²) < 4.78 is 10.1. The Labute approximate surface area is 101 Å². The fraction of sp³-hybridized carbons (Fsp3) is 0.818. The molecule has 6 heteroatoms. The zero-order chi connectivity index (χ0) is 12.7. The number of urea groups is 1. The van der Waals surface area contributed by atoms with Gasteiger partial charge in [0.2, 0.25) is 5.91 Å². The maximum Gasteiger partial charge on any atom is 0.324 e. The van der Waals surface area contributed by atoms with Crippen molar-refractivity contribution in [3.63, 3.8) is 0 Å². The van der Waals surface area contributed by atoms with Crippen LogP contribution in [-0.2, 0) is 14.3 Å². The van der Waals surface area contributed by atoms with Crippen LogP contribution in [0.25, 0.3) is 0 Å². The van der Waals surface area contributed by atoms with Gasteiger partial charge in [-0.3, -0.25) is 10.1 Å². The van der Waals surface area contributed by atoms with Gasteiger partial charge in [0, 0.05) is 26.8 Å². The number of carbonyl (C=O) groups is 2. The number of nitrogens with zero attached hydrogens (tertiary/aromatic N) is 1. The van der Waals surface area contributed by atoms with Gasteiger partial charge in [0.05, 0.1) is 19.1 Å². The summed E-state index contributed by atoms with van der Waals surface area (Å²) in [5.74, 6) is -0.329. The van der Waals surface area contributed by atoms with E-state index in [0.29, 0.717) is 32.9 Å². The Morgan fingerprint density at radius 2 is 2.12 bits per heavy atom. The normalized spacial score (nSPS) is 20.6. The number of hydrogen-bond acceptors (Lipinski definition) is 4. The molecule has 0 aromatic carbocycles. The van der Waals surface area contributed by atoms with Gasteiger partial charge in [-0.2, -0.15) is 0 Å². The van der Waals surface area contributed by atoms with Crippen molar-refractivity contribution in [2.75, 3.05) is 40.0 Å². The van der Waals surface area contributed by atoms with Gasteiger partial charge in [0.15, 0.2) is 0 Å². The Bertz CT molecular complexity index is 270.